The summed E-state index contributed by atoms with van der Waals surface area (Å²) >= 11 is 11.4. The molecule has 0 saturated carbocycles. The van der Waals surface area contributed by atoms with E-state index in [9.17, 15) is 0 Å². The molecular weight excluding hydrogens is 452 g/mol. The Morgan fingerprint density at radius 1 is 1.28 bits per heavy atom. The molecule has 2 aromatic rings. The molecule has 0 aliphatic carbocycles. The molecule has 2 rings (SSSR count). The largest absolute Gasteiger partial charge is 0.493 e. The van der Waals surface area contributed by atoms with Crippen molar-refractivity contribution in [3.63, 3.8) is 0 Å². The average molecular weight is 477 g/mol. The summed E-state index contributed by atoms with van der Waals surface area (Å²) in [5.41, 5.74) is 12.9. The lowest BCUT2D eigenvalue weighted by Crippen LogP contribution is -2.32. The molecule has 0 aliphatic heterocycles. The normalized spacial score (nSPS) is 11.1. The summed E-state index contributed by atoms with van der Waals surface area (Å²) in [6.07, 6.45) is 1.03. The van der Waals surface area contributed by atoms with E-state index in [-0.39, 0.29) is 35.3 Å². The van der Waals surface area contributed by atoms with Gasteiger partial charge in [0.05, 0.1) is 17.8 Å². The molecule has 0 aromatic heterocycles. The highest BCUT2D eigenvalue weighted by molar-refractivity contribution is 7.80. The summed E-state index contributed by atoms with van der Waals surface area (Å²) < 4.78 is 16.4. The number of nitrogens with zero attached hydrogens (tertiary/aromatic N) is 1. The lowest BCUT2D eigenvalue weighted by molar-refractivity contribution is 0.333. The van der Waals surface area contributed by atoms with Gasteiger partial charge in [-0.05, 0) is 44.2 Å². The Labute approximate surface area is 196 Å². The Morgan fingerprint density at radius 2 is 2.00 bits per heavy atom. The molecule has 0 aliphatic rings. The van der Waals surface area contributed by atoms with Crippen LogP contribution in [-0.4, -0.2) is 42.9 Å². The number of nitrogen functional groups attached to an aromatic ring is 1. The van der Waals surface area contributed by atoms with Gasteiger partial charge >= 0.3 is 0 Å². The fourth-order valence-electron chi connectivity index (χ4n) is 2.57. The summed E-state index contributed by atoms with van der Waals surface area (Å²) in [4.78, 5) is 4.64. The summed E-state index contributed by atoms with van der Waals surface area (Å²) in [5, 5.41) is 18.8. The minimum absolute atomic E-state index is 0.158. The third kappa shape index (κ3) is 6.56. The van der Waals surface area contributed by atoms with Crippen molar-refractivity contribution in [1.29, 1.82) is 10.8 Å². The number of methoxy groups -OCH3 is 1. The zero-order valence-electron chi connectivity index (χ0n) is 17.9. The van der Waals surface area contributed by atoms with Crippen molar-refractivity contribution in [3.8, 4) is 11.5 Å². The number of halogens is 1. The number of nitrogens with one attached hydrogen (secondary N) is 3. The summed E-state index contributed by atoms with van der Waals surface area (Å²) in [5.74, 6) is 0.606. The molecular formula is C21H25ClN6O3S. The van der Waals surface area contributed by atoms with Crippen LogP contribution in [-0.2, 0) is 4.74 Å². The van der Waals surface area contributed by atoms with E-state index in [1.54, 1.807) is 24.3 Å². The van der Waals surface area contributed by atoms with Crippen molar-refractivity contribution in [1.82, 2.24) is 5.32 Å². The molecule has 2 aromatic carbocycles. The predicted octanol–water partition coefficient (Wildman–Crippen LogP) is 3.62. The maximum Gasteiger partial charge on any atom is 0.294 e. The fraction of sp³-hybridized carbons (Fsp3) is 0.238. The number of thiocarbonyl (C=S) groups is 1. The molecule has 32 heavy (non-hydrogen) atoms. The zero-order chi connectivity index (χ0) is 23.8. The van der Waals surface area contributed by atoms with Crippen molar-refractivity contribution in [2.24, 2.45) is 10.7 Å². The van der Waals surface area contributed by atoms with Gasteiger partial charge in [-0.25, -0.2) is 0 Å². The molecule has 0 heterocycles. The van der Waals surface area contributed by atoms with Gasteiger partial charge in [0.25, 0.3) is 6.02 Å². The highest BCUT2D eigenvalue weighted by Gasteiger charge is 2.13. The highest BCUT2D eigenvalue weighted by atomic mass is 35.5. The van der Waals surface area contributed by atoms with Crippen molar-refractivity contribution in [2.45, 2.75) is 19.9 Å². The Kier molecular flexibility index (Phi) is 8.80. The van der Waals surface area contributed by atoms with Crippen molar-refractivity contribution < 1.29 is 14.2 Å². The molecule has 9 nitrogen and oxygen atoms in total. The number of hydrogen-bond acceptors (Lipinski definition) is 8. The third-order valence-electron chi connectivity index (χ3n) is 4.01. The van der Waals surface area contributed by atoms with Gasteiger partial charge in [-0.2, -0.15) is 4.99 Å². The van der Waals surface area contributed by atoms with E-state index in [2.05, 4.69) is 10.3 Å². The SMILES string of the molecule is COc1cc(C(=N)OC(N)=Nc2ccc(N)c(C=N)c2Cl)ccc1OCC(=S)NC(C)C. The Bertz CT molecular complexity index is 1060. The molecule has 0 fully saturated rings. The minimum atomic E-state index is -0.304. The topological polar surface area (TPSA) is 152 Å². The fourth-order valence-corrected chi connectivity index (χ4v) is 3.13. The van der Waals surface area contributed by atoms with E-state index in [1.807, 2.05) is 13.8 Å². The van der Waals surface area contributed by atoms with Gasteiger partial charge in [-0.15, -0.1) is 0 Å². The van der Waals surface area contributed by atoms with Crippen molar-refractivity contribution >= 4 is 58.3 Å². The second-order valence-corrected chi connectivity index (χ2v) is 7.67. The van der Waals surface area contributed by atoms with Crippen LogP contribution in [0.3, 0.4) is 0 Å². The number of anilines is 1. The van der Waals surface area contributed by atoms with Crippen LogP contribution in [0.2, 0.25) is 5.02 Å². The van der Waals surface area contributed by atoms with Crippen LogP contribution in [0.1, 0.15) is 25.0 Å². The summed E-state index contributed by atoms with van der Waals surface area (Å²) in [6.45, 7) is 4.16. The van der Waals surface area contributed by atoms with E-state index in [0.717, 1.165) is 6.21 Å². The first-order chi connectivity index (χ1) is 15.2. The van der Waals surface area contributed by atoms with Gasteiger partial charge < -0.3 is 36.4 Å². The standard InChI is InChI=1S/C21H25ClN6O3S/c1-11(2)27-18(32)10-30-16-7-4-12(8-17(16)29-3)20(25)31-21(26)28-15-6-5-14(24)13(9-23)19(15)22/h4-9,11,23,25H,10,24H2,1-3H3,(H2,26,28)(H,27,32). The smallest absolute Gasteiger partial charge is 0.294 e. The van der Waals surface area contributed by atoms with Crippen molar-refractivity contribution in [3.05, 3.63) is 46.5 Å². The van der Waals surface area contributed by atoms with E-state index in [4.69, 9.17) is 60.3 Å². The quantitative estimate of drug-likeness (QED) is 0.169. The maximum atomic E-state index is 8.18. The molecule has 170 valence electrons. The molecule has 11 heteroatoms. The van der Waals surface area contributed by atoms with E-state index < -0.39 is 0 Å². The summed E-state index contributed by atoms with van der Waals surface area (Å²) in [6, 6.07) is 7.84. The van der Waals surface area contributed by atoms with Crippen molar-refractivity contribution in [2.75, 3.05) is 19.5 Å². The first-order valence-electron chi connectivity index (χ1n) is 9.45. The van der Waals surface area contributed by atoms with Gasteiger partial charge in [0, 0.05) is 29.1 Å². The minimum Gasteiger partial charge on any atom is -0.493 e. The molecule has 0 spiro atoms. The van der Waals surface area contributed by atoms with Gasteiger partial charge in [0.2, 0.25) is 5.90 Å². The van der Waals surface area contributed by atoms with Gasteiger partial charge in [-0.1, -0.05) is 23.8 Å². The average Bonchev–Trinajstić information content (AvgIpc) is 2.74. The Balaban J connectivity index is 2.13. The van der Waals surface area contributed by atoms with Gasteiger partial charge in [0.1, 0.15) is 11.6 Å². The number of aliphatic imine (C=N–C) groups is 1. The molecule has 0 atom stereocenters. The van der Waals surface area contributed by atoms with Crippen LogP contribution < -0.4 is 26.3 Å². The second kappa shape index (κ2) is 11.3. The maximum absolute atomic E-state index is 8.18. The number of nitrogens with two attached hydrogens (primary N) is 2. The first kappa shape index (κ1) is 24.9. The number of rotatable bonds is 8. The number of benzene rings is 2. The lowest BCUT2D eigenvalue weighted by Gasteiger charge is -2.15. The molecule has 0 amide bonds. The molecule has 0 saturated heterocycles. The lowest BCUT2D eigenvalue weighted by atomic mass is 10.1. The summed E-state index contributed by atoms with van der Waals surface area (Å²) in [7, 11) is 1.49. The second-order valence-electron chi connectivity index (χ2n) is 6.80. The van der Waals surface area contributed by atoms with Gasteiger partial charge in [0.15, 0.2) is 11.5 Å². The number of ether oxygens (including phenoxy) is 3. The molecule has 0 unspecified atom stereocenters. The highest BCUT2D eigenvalue weighted by Crippen LogP contribution is 2.31. The predicted molar refractivity (Wildman–Crippen MR) is 132 cm³/mol. The number of amidine groups is 1. The van der Waals surface area contributed by atoms with Crippen LogP contribution in [0.4, 0.5) is 11.4 Å². The Morgan fingerprint density at radius 3 is 2.62 bits per heavy atom. The van der Waals surface area contributed by atoms with Crippen LogP contribution in [0.15, 0.2) is 35.3 Å². The van der Waals surface area contributed by atoms with E-state index >= 15 is 0 Å². The van der Waals surface area contributed by atoms with Crippen LogP contribution in [0.5, 0.6) is 11.5 Å². The third-order valence-corrected chi connectivity index (χ3v) is 4.64. The van der Waals surface area contributed by atoms with Crippen LogP contribution in [0, 0.1) is 10.8 Å². The Hall–Kier alpha value is -3.37. The molecule has 0 bridgehead atoms. The van der Waals surface area contributed by atoms with Gasteiger partial charge in [-0.3, -0.25) is 5.41 Å². The van der Waals surface area contributed by atoms with Crippen LogP contribution >= 0.6 is 23.8 Å². The van der Waals surface area contributed by atoms with Crippen LogP contribution in [0.25, 0.3) is 0 Å². The molecule has 0 radical (unpaired) electrons. The first-order valence-corrected chi connectivity index (χ1v) is 10.2. The molecule has 7 N–H and O–H groups in total. The van der Waals surface area contributed by atoms with E-state index in [1.165, 1.54) is 13.2 Å². The number of hydrogen-bond donors (Lipinski definition) is 5. The van der Waals surface area contributed by atoms with E-state index in [0.29, 0.717) is 33.3 Å². The monoisotopic (exact) mass is 476 g/mol. The zero-order valence-corrected chi connectivity index (χ0v) is 19.4.